The van der Waals surface area contributed by atoms with E-state index in [1.54, 1.807) is 13.8 Å². The van der Waals surface area contributed by atoms with E-state index < -0.39 is 11.9 Å². The first-order valence-corrected chi connectivity index (χ1v) is 8.00. The summed E-state index contributed by atoms with van der Waals surface area (Å²) in [7, 11) is 0. The molecule has 0 saturated carbocycles. The summed E-state index contributed by atoms with van der Waals surface area (Å²) >= 11 is 1.12. The third-order valence-electron chi connectivity index (χ3n) is 2.87. The Kier molecular flexibility index (Phi) is 7.14. The maximum absolute atomic E-state index is 11.9. The Labute approximate surface area is 128 Å². The molecule has 1 aromatic heterocycles. The van der Waals surface area contributed by atoms with Crippen LogP contribution in [0, 0.1) is 0 Å². The monoisotopic (exact) mass is 314 g/mol. The number of esters is 2. The van der Waals surface area contributed by atoms with Gasteiger partial charge in [0.1, 0.15) is 4.88 Å². The molecule has 0 bridgehead atoms. The third-order valence-corrected chi connectivity index (χ3v) is 3.84. The second-order valence-corrected chi connectivity index (χ2v) is 5.29. The van der Waals surface area contributed by atoms with Gasteiger partial charge in [-0.1, -0.05) is 25.2 Å². The quantitative estimate of drug-likeness (QED) is 0.743. The summed E-state index contributed by atoms with van der Waals surface area (Å²) in [6.07, 6.45) is 1.86. The molecule has 0 amide bonds. The molecule has 0 unspecified atom stereocenters. The molecular weight excluding hydrogens is 292 g/mol. The Morgan fingerprint density at radius 1 is 1.10 bits per heavy atom. The van der Waals surface area contributed by atoms with E-state index in [1.807, 2.05) is 0 Å². The standard InChI is InChI=1S/C14H22N2O4S/c1-5-9(6-2)15-14-16-10(12(17)19-7-3)11(21-14)13(18)20-8-4/h9H,5-8H2,1-4H3,(H,15,16). The molecule has 1 heterocycles. The number of nitrogens with one attached hydrogen (secondary N) is 1. The van der Waals surface area contributed by atoms with Crippen LogP contribution >= 0.6 is 11.3 Å². The molecule has 0 fully saturated rings. The third kappa shape index (κ3) is 4.70. The summed E-state index contributed by atoms with van der Waals surface area (Å²) in [5.41, 5.74) is 0.0220. The molecule has 0 aliphatic carbocycles. The van der Waals surface area contributed by atoms with Crippen molar-refractivity contribution in [3.8, 4) is 0 Å². The Hall–Kier alpha value is -1.63. The van der Waals surface area contributed by atoms with E-state index in [4.69, 9.17) is 9.47 Å². The van der Waals surface area contributed by atoms with Crippen molar-refractivity contribution in [2.24, 2.45) is 0 Å². The number of hydrogen-bond donors (Lipinski definition) is 1. The first-order chi connectivity index (χ1) is 10.1. The molecule has 0 aliphatic heterocycles. The first kappa shape index (κ1) is 17.4. The SMILES string of the molecule is CCOC(=O)c1nc(NC(CC)CC)sc1C(=O)OCC. The number of anilines is 1. The summed E-state index contributed by atoms with van der Waals surface area (Å²) in [6.45, 7) is 8.02. The molecule has 0 aromatic carbocycles. The van der Waals surface area contributed by atoms with Crippen LogP contribution in [0.5, 0.6) is 0 Å². The molecule has 0 atom stereocenters. The summed E-state index contributed by atoms with van der Waals surface area (Å²) in [5, 5.41) is 3.76. The van der Waals surface area contributed by atoms with E-state index in [1.165, 1.54) is 0 Å². The maximum Gasteiger partial charge on any atom is 0.358 e. The van der Waals surface area contributed by atoms with Crippen LogP contribution in [0.25, 0.3) is 0 Å². The van der Waals surface area contributed by atoms with Gasteiger partial charge >= 0.3 is 11.9 Å². The molecule has 21 heavy (non-hydrogen) atoms. The fourth-order valence-corrected chi connectivity index (χ4v) is 2.65. The predicted molar refractivity (Wildman–Crippen MR) is 82.0 cm³/mol. The fourth-order valence-electron chi connectivity index (χ4n) is 1.72. The lowest BCUT2D eigenvalue weighted by atomic mass is 10.2. The van der Waals surface area contributed by atoms with Crippen molar-refractivity contribution in [2.45, 2.75) is 46.6 Å². The Bertz CT molecular complexity index is 448. The zero-order valence-corrected chi connectivity index (χ0v) is 13.7. The second kappa shape index (κ2) is 8.61. The van der Waals surface area contributed by atoms with E-state index in [0.717, 1.165) is 24.2 Å². The number of rotatable bonds is 8. The van der Waals surface area contributed by atoms with Crippen molar-refractivity contribution in [3.63, 3.8) is 0 Å². The highest BCUT2D eigenvalue weighted by Crippen LogP contribution is 2.26. The predicted octanol–water partition coefficient (Wildman–Crippen LogP) is 3.10. The highest BCUT2D eigenvalue weighted by atomic mass is 32.1. The molecule has 1 aromatic rings. The van der Waals surface area contributed by atoms with Crippen LogP contribution in [-0.2, 0) is 9.47 Å². The van der Waals surface area contributed by atoms with Crippen LogP contribution in [0.2, 0.25) is 0 Å². The van der Waals surface area contributed by atoms with Gasteiger partial charge in [-0.2, -0.15) is 0 Å². The van der Waals surface area contributed by atoms with Gasteiger partial charge in [0.25, 0.3) is 0 Å². The van der Waals surface area contributed by atoms with Crippen molar-refractivity contribution in [1.82, 2.24) is 4.98 Å². The molecule has 0 aliphatic rings. The van der Waals surface area contributed by atoms with Gasteiger partial charge in [-0.15, -0.1) is 0 Å². The van der Waals surface area contributed by atoms with Crippen LogP contribution in [0.1, 0.15) is 60.7 Å². The van der Waals surface area contributed by atoms with Gasteiger partial charge in [-0.25, -0.2) is 14.6 Å². The van der Waals surface area contributed by atoms with Gasteiger partial charge in [0.2, 0.25) is 0 Å². The van der Waals surface area contributed by atoms with Crippen LogP contribution in [-0.4, -0.2) is 36.2 Å². The minimum absolute atomic E-state index is 0.0220. The van der Waals surface area contributed by atoms with Gasteiger partial charge in [0, 0.05) is 6.04 Å². The highest BCUT2D eigenvalue weighted by Gasteiger charge is 2.26. The van der Waals surface area contributed by atoms with Crippen LogP contribution in [0.15, 0.2) is 0 Å². The van der Waals surface area contributed by atoms with E-state index in [2.05, 4.69) is 24.1 Å². The maximum atomic E-state index is 11.9. The number of carbonyl (C=O) groups excluding carboxylic acids is 2. The number of ether oxygens (including phenoxy) is 2. The summed E-state index contributed by atoms with van der Waals surface area (Å²) in [4.78, 5) is 28.2. The van der Waals surface area contributed by atoms with E-state index in [0.29, 0.717) is 5.13 Å². The van der Waals surface area contributed by atoms with Gasteiger partial charge in [-0.3, -0.25) is 0 Å². The number of nitrogens with zero attached hydrogens (tertiary/aromatic N) is 1. The number of hydrogen-bond acceptors (Lipinski definition) is 7. The molecule has 7 heteroatoms. The lowest BCUT2D eigenvalue weighted by Crippen LogP contribution is -2.17. The zero-order valence-electron chi connectivity index (χ0n) is 12.9. The van der Waals surface area contributed by atoms with Gasteiger partial charge in [0.05, 0.1) is 13.2 Å². The highest BCUT2D eigenvalue weighted by molar-refractivity contribution is 7.17. The number of aromatic nitrogens is 1. The lowest BCUT2D eigenvalue weighted by molar-refractivity contribution is 0.0479. The van der Waals surface area contributed by atoms with Gasteiger partial charge in [0.15, 0.2) is 10.8 Å². The largest absolute Gasteiger partial charge is 0.462 e. The van der Waals surface area contributed by atoms with E-state index >= 15 is 0 Å². The van der Waals surface area contributed by atoms with Gasteiger partial charge < -0.3 is 14.8 Å². The minimum atomic E-state index is -0.602. The lowest BCUT2D eigenvalue weighted by Gasteiger charge is -2.12. The second-order valence-electron chi connectivity index (χ2n) is 4.30. The number of carbonyl (C=O) groups is 2. The van der Waals surface area contributed by atoms with Crippen molar-refractivity contribution in [2.75, 3.05) is 18.5 Å². The summed E-state index contributed by atoms with van der Waals surface area (Å²) < 4.78 is 9.90. The fraction of sp³-hybridized carbons (Fsp3) is 0.643. The zero-order chi connectivity index (χ0) is 15.8. The average Bonchev–Trinajstić information content (AvgIpc) is 2.89. The molecular formula is C14H22N2O4S. The average molecular weight is 314 g/mol. The Morgan fingerprint density at radius 3 is 2.19 bits per heavy atom. The van der Waals surface area contributed by atoms with Crippen molar-refractivity contribution in [1.29, 1.82) is 0 Å². The van der Waals surface area contributed by atoms with Gasteiger partial charge in [-0.05, 0) is 26.7 Å². The molecule has 0 spiro atoms. The number of thiazole rings is 1. The van der Waals surface area contributed by atoms with Crippen LogP contribution in [0.3, 0.4) is 0 Å². The molecule has 0 radical (unpaired) electrons. The van der Waals surface area contributed by atoms with E-state index in [9.17, 15) is 9.59 Å². The van der Waals surface area contributed by atoms with Crippen molar-refractivity contribution < 1.29 is 19.1 Å². The minimum Gasteiger partial charge on any atom is -0.462 e. The van der Waals surface area contributed by atoms with Crippen LogP contribution < -0.4 is 5.32 Å². The normalized spacial score (nSPS) is 10.5. The molecule has 0 saturated heterocycles. The molecule has 118 valence electrons. The van der Waals surface area contributed by atoms with Crippen molar-refractivity contribution in [3.05, 3.63) is 10.6 Å². The molecule has 1 N–H and O–H groups in total. The Morgan fingerprint density at radius 2 is 1.67 bits per heavy atom. The summed E-state index contributed by atoms with van der Waals surface area (Å²) in [5.74, 6) is -1.15. The molecule has 1 rings (SSSR count). The van der Waals surface area contributed by atoms with Crippen LogP contribution in [0.4, 0.5) is 5.13 Å². The first-order valence-electron chi connectivity index (χ1n) is 7.18. The Balaban J connectivity index is 3.05. The summed E-state index contributed by atoms with van der Waals surface area (Å²) in [6, 6.07) is 0.251. The smallest absolute Gasteiger partial charge is 0.358 e. The van der Waals surface area contributed by atoms with Crippen molar-refractivity contribution >= 4 is 28.4 Å². The topological polar surface area (TPSA) is 77.5 Å². The van der Waals surface area contributed by atoms with E-state index in [-0.39, 0.29) is 29.8 Å². The molecule has 6 nitrogen and oxygen atoms in total.